The van der Waals surface area contributed by atoms with Gasteiger partial charge < -0.3 is 0 Å². The average Bonchev–Trinajstić information content (AvgIpc) is 2.89. The van der Waals surface area contributed by atoms with Crippen molar-refractivity contribution >= 4 is 29.4 Å². The van der Waals surface area contributed by atoms with Crippen molar-refractivity contribution in [1.82, 2.24) is 0 Å². The molecule has 0 saturated carbocycles. The normalized spacial score (nSPS) is 16.9. The van der Waals surface area contributed by atoms with E-state index in [9.17, 15) is 0 Å². The number of hydrogen-bond donors (Lipinski definition) is 0. The zero-order valence-corrected chi connectivity index (χ0v) is 17.5. The maximum Gasteiger partial charge on any atom is 0.0789 e. The van der Waals surface area contributed by atoms with Crippen LogP contribution in [0.5, 0.6) is 0 Å². The van der Waals surface area contributed by atoms with Gasteiger partial charge in [0, 0.05) is 0 Å². The van der Waals surface area contributed by atoms with E-state index in [0.717, 1.165) is 0 Å². The summed E-state index contributed by atoms with van der Waals surface area (Å²) < 4.78 is 0. The molecule has 1 heterocycles. The van der Waals surface area contributed by atoms with Gasteiger partial charge in [-0.15, -0.1) is 0 Å². The van der Waals surface area contributed by atoms with Crippen LogP contribution in [0.3, 0.4) is 0 Å². The Bertz CT molecular complexity index is 539. The Kier molecular flexibility index (Phi) is 3.99. The third-order valence-electron chi connectivity index (χ3n) is 3.90. The van der Waals surface area contributed by atoms with Gasteiger partial charge in [0.05, 0.1) is 16.1 Å². The molecule has 1 aromatic rings. The van der Waals surface area contributed by atoms with Gasteiger partial charge in [-0.3, -0.25) is 0 Å². The molecule has 0 N–H and O–H groups in total. The van der Waals surface area contributed by atoms with E-state index in [4.69, 9.17) is 0 Å². The molecule has 0 bridgehead atoms. The van der Waals surface area contributed by atoms with Crippen molar-refractivity contribution < 1.29 is 0 Å². The molecule has 1 aliphatic heterocycles. The van der Waals surface area contributed by atoms with Crippen LogP contribution in [0, 0.1) is 20.8 Å². The minimum absolute atomic E-state index is 0.0458. The van der Waals surface area contributed by atoms with E-state index >= 15 is 0 Å². The van der Waals surface area contributed by atoms with Gasteiger partial charge in [0.1, 0.15) is 0 Å². The van der Waals surface area contributed by atoms with Gasteiger partial charge >= 0.3 is 0 Å². The fourth-order valence-corrected chi connectivity index (χ4v) is 18.1. The summed E-state index contributed by atoms with van der Waals surface area (Å²) in [5.74, 6) is 0. The van der Waals surface area contributed by atoms with E-state index in [1.54, 1.807) is 5.30 Å². The minimum atomic E-state index is -1.16. The topological polar surface area (TPSA) is 0 Å². The summed E-state index contributed by atoms with van der Waals surface area (Å²) in [7, 11) is -2.36. The second-order valence-electron chi connectivity index (χ2n) is 8.28. The Balaban J connectivity index is 2.52. The van der Waals surface area contributed by atoms with E-state index in [1.165, 1.54) is 16.7 Å². The third kappa shape index (κ3) is 2.88. The lowest BCUT2D eigenvalue weighted by atomic mass is 10.1. The van der Waals surface area contributed by atoms with Crippen LogP contribution in [0.4, 0.5) is 0 Å². The lowest BCUT2D eigenvalue weighted by molar-refractivity contribution is 1.36. The lowest BCUT2D eigenvalue weighted by Gasteiger charge is -2.18. The fourth-order valence-electron chi connectivity index (χ4n) is 3.29. The molecule has 0 aromatic heterocycles. The van der Waals surface area contributed by atoms with Crippen molar-refractivity contribution in [2.75, 3.05) is 0 Å². The van der Waals surface area contributed by atoms with Gasteiger partial charge in [-0.05, 0) is 45.1 Å². The van der Waals surface area contributed by atoms with Crippen molar-refractivity contribution in [1.29, 1.82) is 0 Å². The van der Waals surface area contributed by atoms with Gasteiger partial charge in [0.2, 0.25) is 0 Å². The number of aryl methyl sites for hydroxylation is 3. The van der Waals surface area contributed by atoms with Crippen LogP contribution in [-0.4, -0.2) is 16.1 Å². The standard InChI is InChI=1S/C17H29PSi2/c1-12-10-13(2)15(14(3)11-12)18-16(19(4,5)6)17(18)20(7,8)9/h10-11H,1-9H3. The SMILES string of the molecule is Cc1cc(C)c(P2C([Si](C)(C)C)=C2[Si](C)(C)C)c(C)c1. The van der Waals surface area contributed by atoms with Crippen LogP contribution in [0.1, 0.15) is 16.7 Å². The Morgan fingerprint density at radius 2 is 1.05 bits per heavy atom. The monoisotopic (exact) mass is 320 g/mol. The Labute approximate surface area is 128 Å². The molecule has 0 amide bonds. The molecule has 1 aromatic carbocycles. The summed E-state index contributed by atoms with van der Waals surface area (Å²) in [4.78, 5) is 3.86. The predicted molar refractivity (Wildman–Crippen MR) is 101 cm³/mol. The molecular formula is C17H29PSi2. The molecule has 0 radical (unpaired) electrons. The summed E-state index contributed by atoms with van der Waals surface area (Å²) in [6.45, 7) is 22.0. The first-order chi connectivity index (χ1) is 8.94. The molecule has 0 saturated heterocycles. The molecule has 110 valence electrons. The Morgan fingerprint density at radius 3 is 1.35 bits per heavy atom. The zero-order chi connectivity index (χ0) is 15.5. The summed E-state index contributed by atoms with van der Waals surface area (Å²) in [6.07, 6.45) is 0. The van der Waals surface area contributed by atoms with E-state index in [2.05, 4.69) is 72.2 Å². The first-order valence-electron chi connectivity index (χ1n) is 7.58. The number of hydrogen-bond acceptors (Lipinski definition) is 0. The Hall–Kier alpha value is -0.176. The second-order valence-corrected chi connectivity index (χ2v) is 21.1. The van der Waals surface area contributed by atoms with Gasteiger partial charge in [0.15, 0.2) is 0 Å². The number of benzene rings is 1. The molecule has 1 aliphatic rings. The van der Waals surface area contributed by atoms with Crippen molar-refractivity contribution in [2.24, 2.45) is 0 Å². The van der Waals surface area contributed by atoms with E-state index < -0.39 is 16.1 Å². The van der Waals surface area contributed by atoms with Gasteiger partial charge in [-0.25, -0.2) is 0 Å². The third-order valence-corrected chi connectivity index (χ3v) is 15.6. The summed E-state index contributed by atoms with van der Waals surface area (Å²) in [5.41, 5.74) is 4.46. The quantitative estimate of drug-likeness (QED) is 0.495. The maximum atomic E-state index is 2.53. The Morgan fingerprint density at radius 1 is 0.700 bits per heavy atom. The van der Waals surface area contributed by atoms with Crippen molar-refractivity contribution in [2.45, 2.75) is 60.1 Å². The molecule has 0 unspecified atom stereocenters. The van der Waals surface area contributed by atoms with Crippen molar-refractivity contribution in [3.8, 4) is 0 Å². The highest BCUT2D eigenvalue weighted by Gasteiger charge is 2.50. The van der Waals surface area contributed by atoms with Crippen LogP contribution in [0.15, 0.2) is 22.0 Å². The van der Waals surface area contributed by atoms with Crippen LogP contribution < -0.4 is 5.30 Å². The van der Waals surface area contributed by atoms with Crippen LogP contribution in [-0.2, 0) is 0 Å². The molecule has 0 spiro atoms. The molecule has 0 atom stereocenters. The second kappa shape index (κ2) is 4.93. The van der Waals surface area contributed by atoms with Crippen LogP contribution in [0.2, 0.25) is 39.3 Å². The van der Waals surface area contributed by atoms with Crippen LogP contribution >= 0.6 is 7.92 Å². The number of rotatable bonds is 3. The smallest absolute Gasteiger partial charge is 0.0656 e. The highest BCUT2D eigenvalue weighted by Crippen LogP contribution is 2.74. The summed E-state index contributed by atoms with van der Waals surface area (Å²) in [6, 6.07) is 4.76. The predicted octanol–water partition coefficient (Wildman–Crippen LogP) is 5.70. The fraction of sp³-hybridized carbons (Fsp3) is 0.529. The summed E-state index contributed by atoms with van der Waals surface area (Å²) >= 11 is 0. The molecule has 0 fully saturated rings. The first kappa shape index (κ1) is 16.2. The average molecular weight is 321 g/mol. The van der Waals surface area contributed by atoms with Gasteiger partial charge in [-0.2, -0.15) is 0 Å². The van der Waals surface area contributed by atoms with Crippen LogP contribution in [0.25, 0.3) is 0 Å². The first-order valence-corrected chi connectivity index (χ1v) is 15.9. The van der Waals surface area contributed by atoms with Gasteiger partial charge in [0.25, 0.3) is 0 Å². The van der Waals surface area contributed by atoms with E-state index in [0.29, 0.717) is 0 Å². The van der Waals surface area contributed by atoms with Crippen molar-refractivity contribution in [3.05, 3.63) is 38.7 Å². The zero-order valence-electron chi connectivity index (χ0n) is 14.6. The minimum Gasteiger partial charge on any atom is -0.0656 e. The largest absolute Gasteiger partial charge is 0.0789 e. The molecular weight excluding hydrogens is 291 g/mol. The summed E-state index contributed by atoms with van der Waals surface area (Å²) in [5, 5.41) is 1.69. The molecule has 20 heavy (non-hydrogen) atoms. The van der Waals surface area contributed by atoms with E-state index in [1.807, 2.05) is 9.87 Å². The highest BCUT2D eigenvalue weighted by molar-refractivity contribution is 7.87. The lowest BCUT2D eigenvalue weighted by Crippen LogP contribution is -2.21. The van der Waals surface area contributed by atoms with Crippen molar-refractivity contribution in [3.63, 3.8) is 0 Å². The molecule has 3 heteroatoms. The molecule has 2 rings (SSSR count). The molecule has 0 nitrogen and oxygen atoms in total. The highest BCUT2D eigenvalue weighted by atomic mass is 31.1. The van der Waals surface area contributed by atoms with E-state index in [-0.39, 0.29) is 7.92 Å². The van der Waals surface area contributed by atoms with Gasteiger partial charge in [-0.1, -0.05) is 66.9 Å². The maximum absolute atomic E-state index is 2.53. The molecule has 0 aliphatic carbocycles.